The minimum Gasteiger partial charge on any atom is -0.504 e. The molecule has 8 heteroatoms. The van der Waals surface area contributed by atoms with E-state index in [9.17, 15) is 14.7 Å². The summed E-state index contributed by atoms with van der Waals surface area (Å²) < 4.78 is 22.5. The van der Waals surface area contributed by atoms with Gasteiger partial charge in [-0.15, -0.1) is 0 Å². The first-order chi connectivity index (χ1) is 19.3. The first kappa shape index (κ1) is 27.6. The number of dihydropyridines is 1. The van der Waals surface area contributed by atoms with E-state index in [-0.39, 0.29) is 30.0 Å². The molecule has 0 spiro atoms. The maximum absolute atomic E-state index is 14.0. The van der Waals surface area contributed by atoms with Crippen LogP contribution in [0.5, 0.6) is 23.0 Å². The number of Topliss-reactive ketones (excluding diaryl/α,β-unsaturated/α-hetero) is 1. The largest absolute Gasteiger partial charge is 0.504 e. The minimum absolute atomic E-state index is 0.00742. The number of aromatic hydroxyl groups is 1. The zero-order valence-electron chi connectivity index (χ0n) is 23.5. The van der Waals surface area contributed by atoms with Crippen LogP contribution < -0.4 is 19.5 Å². The highest BCUT2D eigenvalue weighted by Crippen LogP contribution is 2.47. The Morgan fingerprint density at radius 2 is 1.68 bits per heavy atom. The van der Waals surface area contributed by atoms with E-state index in [0.717, 1.165) is 36.9 Å². The Bertz CT molecular complexity index is 1370. The number of phenolic OH excluding ortho intramolecular Hbond substituents is 1. The number of benzene rings is 2. The zero-order valence-corrected chi connectivity index (χ0v) is 23.5. The third-order valence-corrected chi connectivity index (χ3v) is 8.12. The molecule has 5 rings (SSSR count). The Kier molecular flexibility index (Phi) is 8.05. The summed E-state index contributed by atoms with van der Waals surface area (Å²) in [6.45, 7) is 4.07. The molecule has 0 amide bonds. The van der Waals surface area contributed by atoms with E-state index in [0.29, 0.717) is 52.7 Å². The predicted octanol–water partition coefficient (Wildman–Crippen LogP) is 5.66. The average Bonchev–Trinajstić information content (AvgIpc) is 3.46. The Morgan fingerprint density at radius 3 is 2.38 bits per heavy atom. The monoisotopic (exact) mass is 547 g/mol. The van der Waals surface area contributed by atoms with Gasteiger partial charge in [0.25, 0.3) is 0 Å². The second-order valence-electron chi connectivity index (χ2n) is 10.6. The summed E-state index contributed by atoms with van der Waals surface area (Å²) in [5, 5.41) is 13.8. The van der Waals surface area contributed by atoms with Gasteiger partial charge in [-0.05, 0) is 87.3 Å². The lowest BCUT2D eigenvalue weighted by Gasteiger charge is -2.37. The molecule has 0 aromatic heterocycles. The van der Waals surface area contributed by atoms with E-state index >= 15 is 0 Å². The minimum atomic E-state index is -0.635. The number of methoxy groups -OCH3 is 2. The molecule has 1 heterocycles. The Hall–Kier alpha value is -3.94. The number of esters is 1. The molecule has 0 saturated heterocycles. The first-order valence-electron chi connectivity index (χ1n) is 14.0. The summed E-state index contributed by atoms with van der Waals surface area (Å²) in [4.78, 5) is 27.6. The summed E-state index contributed by atoms with van der Waals surface area (Å²) in [5.41, 5.74) is 4.13. The molecule has 1 aliphatic heterocycles. The first-order valence-corrected chi connectivity index (χ1v) is 14.0. The maximum Gasteiger partial charge on any atom is 0.337 e. The third kappa shape index (κ3) is 5.27. The molecule has 0 unspecified atom stereocenters. The fourth-order valence-corrected chi connectivity index (χ4v) is 6.19. The lowest BCUT2D eigenvalue weighted by Crippen LogP contribution is -2.36. The SMILES string of the molecule is CCOc1cc([C@H]2C(C(=O)OC3CCCC3)=C(C)NC3=C2C(=O)C[C@H](c2ccc(OC)c(OC)c2)C3)ccc1O. The van der Waals surface area contributed by atoms with E-state index in [1.807, 2.05) is 32.0 Å². The van der Waals surface area contributed by atoms with Gasteiger partial charge >= 0.3 is 5.97 Å². The number of allylic oxidation sites excluding steroid dienone is 3. The van der Waals surface area contributed by atoms with E-state index in [1.165, 1.54) is 0 Å². The molecule has 2 atom stereocenters. The summed E-state index contributed by atoms with van der Waals surface area (Å²) in [6, 6.07) is 10.8. The highest BCUT2D eigenvalue weighted by molar-refractivity contribution is 6.04. The van der Waals surface area contributed by atoms with Crippen molar-refractivity contribution >= 4 is 11.8 Å². The molecule has 1 saturated carbocycles. The summed E-state index contributed by atoms with van der Waals surface area (Å²) in [5.74, 6) is 0.411. The Morgan fingerprint density at radius 1 is 0.975 bits per heavy atom. The molecular formula is C32H37NO7. The topological polar surface area (TPSA) is 103 Å². The molecule has 40 heavy (non-hydrogen) atoms. The standard InChI is InChI=1S/C32H37NO7/c1-5-39-27-17-20(10-12-24(27)34)30-29(32(36)40-22-8-6-7-9-22)18(2)33-23-14-21(15-25(35)31(23)30)19-11-13-26(37-3)28(16-19)38-4/h10-13,16-17,21-22,30,33-34H,5-9,14-15H2,1-4H3/t21-,30+/m1/s1. The molecule has 212 valence electrons. The second-order valence-corrected chi connectivity index (χ2v) is 10.6. The number of nitrogens with one attached hydrogen (secondary N) is 1. The smallest absolute Gasteiger partial charge is 0.337 e. The van der Waals surface area contributed by atoms with Gasteiger partial charge in [0, 0.05) is 29.3 Å². The van der Waals surface area contributed by atoms with Crippen LogP contribution in [0.4, 0.5) is 0 Å². The molecule has 8 nitrogen and oxygen atoms in total. The molecule has 2 aliphatic carbocycles. The van der Waals surface area contributed by atoms with Crippen molar-refractivity contribution in [3.63, 3.8) is 0 Å². The highest BCUT2D eigenvalue weighted by Gasteiger charge is 2.42. The number of rotatable bonds is 8. The van der Waals surface area contributed by atoms with Gasteiger partial charge < -0.3 is 29.4 Å². The molecule has 2 aromatic carbocycles. The summed E-state index contributed by atoms with van der Waals surface area (Å²) in [6.07, 6.45) is 4.54. The fraction of sp³-hybridized carbons (Fsp3) is 0.438. The van der Waals surface area contributed by atoms with Crippen LogP contribution in [-0.2, 0) is 14.3 Å². The molecule has 0 radical (unpaired) electrons. The lowest BCUT2D eigenvalue weighted by atomic mass is 9.71. The van der Waals surface area contributed by atoms with Crippen LogP contribution in [-0.4, -0.2) is 43.8 Å². The lowest BCUT2D eigenvalue weighted by molar-refractivity contribution is -0.144. The van der Waals surface area contributed by atoms with Gasteiger partial charge in [0.05, 0.1) is 26.4 Å². The van der Waals surface area contributed by atoms with Crippen molar-refractivity contribution in [2.75, 3.05) is 20.8 Å². The Labute approximate surface area is 235 Å². The van der Waals surface area contributed by atoms with Gasteiger partial charge in [0.2, 0.25) is 0 Å². The number of hydrogen-bond donors (Lipinski definition) is 2. The normalized spacial score (nSPS) is 21.1. The van der Waals surface area contributed by atoms with Gasteiger partial charge in [0.15, 0.2) is 28.8 Å². The number of hydrogen-bond acceptors (Lipinski definition) is 8. The molecule has 0 bridgehead atoms. The van der Waals surface area contributed by atoms with Crippen molar-refractivity contribution in [1.29, 1.82) is 0 Å². The molecular weight excluding hydrogens is 510 g/mol. The van der Waals surface area contributed by atoms with Crippen LogP contribution in [0.15, 0.2) is 58.9 Å². The van der Waals surface area contributed by atoms with Crippen LogP contribution in [0, 0.1) is 0 Å². The zero-order chi connectivity index (χ0) is 28.4. The number of carbonyl (C=O) groups excluding carboxylic acids is 2. The van der Waals surface area contributed by atoms with E-state index < -0.39 is 11.9 Å². The maximum atomic E-state index is 14.0. The third-order valence-electron chi connectivity index (χ3n) is 8.12. The van der Waals surface area contributed by atoms with Crippen molar-refractivity contribution in [2.24, 2.45) is 0 Å². The van der Waals surface area contributed by atoms with Crippen LogP contribution in [0.1, 0.15) is 75.3 Å². The number of phenols is 1. The number of ketones is 1. The van der Waals surface area contributed by atoms with Crippen LogP contribution in [0.3, 0.4) is 0 Å². The van der Waals surface area contributed by atoms with Crippen molar-refractivity contribution in [1.82, 2.24) is 5.32 Å². The predicted molar refractivity (Wildman–Crippen MR) is 150 cm³/mol. The van der Waals surface area contributed by atoms with Crippen molar-refractivity contribution in [2.45, 2.75) is 70.3 Å². The summed E-state index contributed by atoms with van der Waals surface area (Å²) in [7, 11) is 3.19. The van der Waals surface area contributed by atoms with E-state index in [4.69, 9.17) is 18.9 Å². The van der Waals surface area contributed by atoms with Crippen molar-refractivity contribution < 1.29 is 33.6 Å². The second kappa shape index (κ2) is 11.7. The Balaban J connectivity index is 1.56. The summed E-state index contributed by atoms with van der Waals surface area (Å²) >= 11 is 0. The molecule has 2 aromatic rings. The van der Waals surface area contributed by atoms with Crippen LogP contribution in [0.25, 0.3) is 0 Å². The number of carbonyl (C=O) groups is 2. The van der Waals surface area contributed by atoms with E-state index in [1.54, 1.807) is 32.4 Å². The van der Waals surface area contributed by atoms with Gasteiger partial charge in [-0.2, -0.15) is 0 Å². The van der Waals surface area contributed by atoms with Gasteiger partial charge in [0.1, 0.15) is 6.10 Å². The van der Waals surface area contributed by atoms with Gasteiger partial charge in [-0.1, -0.05) is 12.1 Å². The van der Waals surface area contributed by atoms with Crippen LogP contribution >= 0.6 is 0 Å². The molecule has 3 aliphatic rings. The average molecular weight is 548 g/mol. The molecule has 2 N–H and O–H groups in total. The van der Waals surface area contributed by atoms with Gasteiger partial charge in [-0.25, -0.2) is 4.79 Å². The highest BCUT2D eigenvalue weighted by atomic mass is 16.5. The van der Waals surface area contributed by atoms with Crippen molar-refractivity contribution in [3.05, 3.63) is 70.1 Å². The van der Waals surface area contributed by atoms with Crippen molar-refractivity contribution in [3.8, 4) is 23.0 Å². The van der Waals surface area contributed by atoms with Gasteiger partial charge in [-0.3, -0.25) is 4.79 Å². The number of ether oxygens (including phenoxy) is 4. The fourth-order valence-electron chi connectivity index (χ4n) is 6.19. The molecule has 1 fully saturated rings. The quantitative estimate of drug-likeness (QED) is 0.409. The van der Waals surface area contributed by atoms with E-state index in [2.05, 4.69) is 5.32 Å². The van der Waals surface area contributed by atoms with Crippen LogP contribution in [0.2, 0.25) is 0 Å².